The summed E-state index contributed by atoms with van der Waals surface area (Å²) >= 11 is 1.04. The van der Waals surface area contributed by atoms with E-state index in [1.165, 1.54) is 11.0 Å². The molecule has 0 spiro atoms. The second-order valence-corrected chi connectivity index (χ2v) is 9.34. The van der Waals surface area contributed by atoms with Gasteiger partial charge in [-0.15, -0.1) is 0 Å². The van der Waals surface area contributed by atoms with Crippen molar-refractivity contribution in [1.82, 2.24) is 4.90 Å². The number of hydrogen-bond donors (Lipinski definition) is 2. The summed E-state index contributed by atoms with van der Waals surface area (Å²) in [5, 5.41) is 9.16. The Kier molecular flexibility index (Phi) is 5.66. The number of benzene rings is 2. The molecule has 148 valence electrons. The number of nitrogens with zero attached hydrogens (tertiary/aromatic N) is 1. The lowest BCUT2D eigenvalue weighted by molar-refractivity contribution is 0.0696. The Morgan fingerprint density at radius 3 is 2.39 bits per heavy atom. The van der Waals surface area contributed by atoms with Gasteiger partial charge in [0.05, 0.1) is 10.5 Å². The average molecular weight is 421 g/mol. The van der Waals surface area contributed by atoms with Crippen LogP contribution in [0, 0.1) is 0 Å². The van der Waals surface area contributed by atoms with E-state index in [1.807, 2.05) is 0 Å². The molecule has 2 aromatic carbocycles. The average Bonchev–Trinajstić information content (AvgIpc) is 3.10. The third kappa shape index (κ3) is 4.31. The normalized spacial score (nSPS) is 13.1. The first kappa shape index (κ1) is 20.2. The van der Waals surface area contributed by atoms with Crippen LogP contribution in [0.15, 0.2) is 46.2 Å². The molecule has 0 bridgehead atoms. The number of anilines is 1. The highest BCUT2D eigenvalue weighted by Gasteiger charge is 2.26. The van der Waals surface area contributed by atoms with Gasteiger partial charge in [-0.25, -0.2) is 13.2 Å². The molecule has 0 saturated heterocycles. The van der Waals surface area contributed by atoms with Gasteiger partial charge in [0, 0.05) is 24.7 Å². The molecule has 0 atom stereocenters. The van der Waals surface area contributed by atoms with Crippen LogP contribution in [-0.4, -0.2) is 43.7 Å². The number of aryl methyl sites for hydroxylation is 1. The minimum atomic E-state index is -3.94. The number of aromatic carboxylic acids is 1. The van der Waals surface area contributed by atoms with Crippen molar-refractivity contribution >= 4 is 38.7 Å². The van der Waals surface area contributed by atoms with E-state index in [4.69, 9.17) is 0 Å². The van der Waals surface area contributed by atoms with Gasteiger partial charge < -0.3 is 10.0 Å². The zero-order valence-corrected chi connectivity index (χ0v) is 17.1. The molecule has 7 nitrogen and oxygen atoms in total. The first-order chi connectivity index (χ1) is 13.2. The second kappa shape index (κ2) is 7.84. The number of rotatable bonds is 5. The molecule has 3 rings (SSSR count). The lowest BCUT2D eigenvalue weighted by atomic mass is 10.1. The van der Waals surface area contributed by atoms with Gasteiger partial charge in [-0.2, -0.15) is 0 Å². The summed E-state index contributed by atoms with van der Waals surface area (Å²) < 4.78 is 28.3. The van der Waals surface area contributed by atoms with E-state index in [1.54, 1.807) is 44.4 Å². The molecule has 1 amide bonds. The number of carboxylic acid groups (broad SMARTS) is 1. The summed E-state index contributed by atoms with van der Waals surface area (Å²) in [5.74, 6) is -1.15. The monoisotopic (exact) mass is 420 g/mol. The highest BCUT2D eigenvalue weighted by molar-refractivity contribution is 8.13. The van der Waals surface area contributed by atoms with Crippen molar-refractivity contribution in [2.24, 2.45) is 0 Å². The third-order valence-corrected chi connectivity index (χ3v) is 6.88. The molecule has 28 heavy (non-hydrogen) atoms. The molecule has 0 heterocycles. The van der Waals surface area contributed by atoms with Gasteiger partial charge in [0.1, 0.15) is 0 Å². The summed E-state index contributed by atoms with van der Waals surface area (Å²) in [5.41, 5.74) is 1.76. The minimum Gasteiger partial charge on any atom is -0.478 e. The number of sulfonamides is 1. The summed E-state index contributed by atoms with van der Waals surface area (Å²) in [6.07, 6.45) is 2.07. The molecule has 1 aliphatic rings. The van der Waals surface area contributed by atoms with Crippen molar-refractivity contribution in [3.63, 3.8) is 0 Å². The number of carbonyl (C=O) groups is 2. The fourth-order valence-corrected chi connectivity index (χ4v) is 5.07. The predicted octanol–water partition coefficient (Wildman–Crippen LogP) is 3.45. The van der Waals surface area contributed by atoms with E-state index in [-0.39, 0.29) is 15.7 Å². The van der Waals surface area contributed by atoms with Gasteiger partial charge in [-0.05, 0) is 78.5 Å². The lowest BCUT2D eigenvalue weighted by Crippen LogP contribution is -2.16. The van der Waals surface area contributed by atoms with Crippen LogP contribution in [-0.2, 0) is 22.9 Å². The van der Waals surface area contributed by atoms with Gasteiger partial charge in [-0.1, -0.05) is 0 Å². The Morgan fingerprint density at radius 1 is 1.11 bits per heavy atom. The second-order valence-electron chi connectivity index (χ2n) is 6.66. The standard InChI is InChI=1S/C19H20N2O5S2/c1-21(2)19(24)27-15-8-6-14(7-9-15)20-28(25,26)17-11-13(18(22)23)10-12-4-3-5-16(12)17/h6-11,20H,3-5H2,1-2H3,(H,22,23). The number of carbonyl (C=O) groups excluding carboxylic acids is 1. The first-order valence-corrected chi connectivity index (χ1v) is 10.9. The fraction of sp³-hybridized carbons (Fsp3) is 0.263. The molecule has 2 N–H and O–H groups in total. The Hall–Kier alpha value is -2.52. The van der Waals surface area contributed by atoms with E-state index >= 15 is 0 Å². The Morgan fingerprint density at radius 2 is 1.79 bits per heavy atom. The molecule has 0 radical (unpaired) electrons. The molecule has 0 saturated carbocycles. The van der Waals surface area contributed by atoms with Gasteiger partial charge in [0.25, 0.3) is 15.3 Å². The number of carboxylic acids is 1. The van der Waals surface area contributed by atoms with Crippen LogP contribution in [0.1, 0.15) is 27.9 Å². The van der Waals surface area contributed by atoms with Crippen LogP contribution >= 0.6 is 11.8 Å². The lowest BCUT2D eigenvalue weighted by Gasteiger charge is -2.14. The number of thioether (sulfide) groups is 1. The van der Waals surface area contributed by atoms with Crippen molar-refractivity contribution in [1.29, 1.82) is 0 Å². The Balaban J connectivity index is 1.87. The van der Waals surface area contributed by atoms with Crippen molar-refractivity contribution < 1.29 is 23.1 Å². The highest BCUT2D eigenvalue weighted by atomic mass is 32.2. The number of fused-ring (bicyclic) bond motifs is 1. The van der Waals surface area contributed by atoms with E-state index in [0.717, 1.165) is 23.7 Å². The quantitative estimate of drug-likeness (QED) is 0.718. The summed E-state index contributed by atoms with van der Waals surface area (Å²) in [6, 6.07) is 9.23. The zero-order chi connectivity index (χ0) is 20.5. The predicted molar refractivity (Wildman–Crippen MR) is 108 cm³/mol. The molecular weight excluding hydrogens is 400 g/mol. The molecule has 9 heteroatoms. The SMILES string of the molecule is CN(C)C(=O)Sc1ccc(NS(=O)(=O)c2cc(C(=O)O)cc3c2CCC3)cc1. The van der Waals surface area contributed by atoms with Crippen molar-refractivity contribution in [3.05, 3.63) is 53.1 Å². The van der Waals surface area contributed by atoms with Crippen LogP contribution in [0.5, 0.6) is 0 Å². The maximum atomic E-state index is 12.9. The molecular formula is C19H20N2O5S2. The molecule has 1 aliphatic carbocycles. The maximum absolute atomic E-state index is 12.9. The topological polar surface area (TPSA) is 104 Å². The van der Waals surface area contributed by atoms with Crippen LogP contribution in [0.3, 0.4) is 0 Å². The van der Waals surface area contributed by atoms with Gasteiger partial charge in [-0.3, -0.25) is 9.52 Å². The van der Waals surface area contributed by atoms with E-state index < -0.39 is 16.0 Å². The zero-order valence-electron chi connectivity index (χ0n) is 15.4. The third-order valence-electron chi connectivity index (χ3n) is 4.39. The molecule has 0 aromatic heterocycles. The number of nitrogens with one attached hydrogen (secondary N) is 1. The smallest absolute Gasteiger partial charge is 0.335 e. The van der Waals surface area contributed by atoms with Crippen molar-refractivity contribution in [2.75, 3.05) is 18.8 Å². The molecule has 0 unspecified atom stereocenters. The van der Waals surface area contributed by atoms with Crippen LogP contribution < -0.4 is 4.72 Å². The Bertz CT molecular complexity index is 1030. The highest BCUT2D eigenvalue weighted by Crippen LogP contribution is 2.31. The fourth-order valence-electron chi connectivity index (χ4n) is 3.02. The maximum Gasteiger partial charge on any atom is 0.335 e. The minimum absolute atomic E-state index is 0.0149. The van der Waals surface area contributed by atoms with Crippen molar-refractivity contribution in [3.8, 4) is 0 Å². The molecule has 0 aliphatic heterocycles. The van der Waals surface area contributed by atoms with Crippen LogP contribution in [0.25, 0.3) is 0 Å². The largest absolute Gasteiger partial charge is 0.478 e. The van der Waals surface area contributed by atoms with E-state index in [2.05, 4.69) is 4.72 Å². The molecule has 0 fully saturated rings. The molecule has 2 aromatic rings. The first-order valence-electron chi connectivity index (χ1n) is 8.58. The van der Waals surface area contributed by atoms with E-state index in [0.29, 0.717) is 29.0 Å². The summed E-state index contributed by atoms with van der Waals surface area (Å²) in [7, 11) is -0.631. The van der Waals surface area contributed by atoms with Gasteiger partial charge in [0.2, 0.25) is 0 Å². The van der Waals surface area contributed by atoms with E-state index in [9.17, 15) is 23.1 Å². The van der Waals surface area contributed by atoms with Crippen molar-refractivity contribution in [2.45, 2.75) is 29.1 Å². The van der Waals surface area contributed by atoms with Crippen LogP contribution in [0.4, 0.5) is 10.5 Å². The van der Waals surface area contributed by atoms with Crippen LogP contribution in [0.2, 0.25) is 0 Å². The number of amides is 1. The number of hydrogen-bond acceptors (Lipinski definition) is 5. The van der Waals surface area contributed by atoms with Gasteiger partial charge in [0.15, 0.2) is 0 Å². The summed E-state index contributed by atoms with van der Waals surface area (Å²) in [4.78, 5) is 25.3. The Labute approximate surface area is 167 Å². The summed E-state index contributed by atoms with van der Waals surface area (Å²) in [6.45, 7) is 0. The van der Waals surface area contributed by atoms with Gasteiger partial charge >= 0.3 is 5.97 Å².